The minimum atomic E-state index is -0.485. The van der Waals surface area contributed by atoms with E-state index in [1.54, 1.807) is 30.5 Å². The molecule has 0 saturated carbocycles. The quantitative estimate of drug-likeness (QED) is 0.335. The molecule has 1 amide bonds. The molecule has 1 aliphatic rings. The lowest BCUT2D eigenvalue weighted by molar-refractivity contribution is -0.384. The number of aromatic nitrogens is 3. The lowest BCUT2D eigenvalue weighted by Gasteiger charge is -2.31. The number of nitro benzene ring substituents is 1. The molecule has 0 N–H and O–H groups in total. The van der Waals surface area contributed by atoms with Gasteiger partial charge in [-0.15, -0.1) is 5.10 Å². The van der Waals surface area contributed by atoms with Crippen molar-refractivity contribution in [2.75, 3.05) is 18.6 Å². The Morgan fingerprint density at radius 3 is 2.65 bits per heavy atom. The summed E-state index contributed by atoms with van der Waals surface area (Å²) in [6, 6.07) is 9.04. The lowest BCUT2D eigenvalue weighted by atomic mass is 10.1. The van der Waals surface area contributed by atoms with Gasteiger partial charge in [0.25, 0.3) is 11.6 Å². The Morgan fingerprint density at radius 1 is 1.26 bits per heavy atom. The monoisotopic (exact) mass is 423 g/mol. The van der Waals surface area contributed by atoms with Gasteiger partial charge in [-0.25, -0.2) is 4.68 Å². The highest BCUT2D eigenvalue weighted by Crippen LogP contribution is 2.43. The first-order chi connectivity index (χ1) is 14.9. The standard InChI is InChI=1S/C20H17N5O6/c1-12(26)16-7-8-17(30-2)19-20(16)31-11-18(27)23(19)9-13-10-24(22-21-13)14-3-5-15(6-4-14)25(28)29/h3-8,10H,9,11H2,1-2H3. The van der Waals surface area contributed by atoms with E-state index >= 15 is 0 Å². The smallest absolute Gasteiger partial charge is 0.269 e. The molecule has 2 aromatic carbocycles. The van der Waals surface area contributed by atoms with Crippen LogP contribution in [0, 0.1) is 10.1 Å². The topological polar surface area (TPSA) is 130 Å². The molecule has 2 heterocycles. The van der Waals surface area contributed by atoms with E-state index in [0.717, 1.165) is 0 Å². The van der Waals surface area contributed by atoms with Gasteiger partial charge in [-0.05, 0) is 31.2 Å². The molecule has 3 aromatic rings. The third kappa shape index (κ3) is 3.68. The normalized spacial score (nSPS) is 12.8. The Labute approximate surface area is 175 Å². The van der Waals surface area contributed by atoms with Crippen LogP contribution in [0.3, 0.4) is 0 Å². The molecule has 31 heavy (non-hydrogen) atoms. The van der Waals surface area contributed by atoms with Crippen molar-refractivity contribution in [2.24, 2.45) is 0 Å². The van der Waals surface area contributed by atoms with Crippen LogP contribution in [0.4, 0.5) is 11.4 Å². The molecule has 0 saturated heterocycles. The minimum Gasteiger partial charge on any atom is -0.494 e. The Morgan fingerprint density at radius 2 is 2.00 bits per heavy atom. The SMILES string of the molecule is COc1ccc(C(C)=O)c2c1N(Cc1cn(-c3ccc([N+](=O)[O-])cc3)nn1)C(=O)CO2. The van der Waals surface area contributed by atoms with E-state index in [1.807, 2.05) is 0 Å². The van der Waals surface area contributed by atoms with Gasteiger partial charge in [-0.1, -0.05) is 5.21 Å². The average molecular weight is 423 g/mol. The number of nitro groups is 1. The zero-order chi connectivity index (χ0) is 22.1. The number of amides is 1. The van der Waals surface area contributed by atoms with Crippen molar-refractivity contribution in [2.45, 2.75) is 13.5 Å². The van der Waals surface area contributed by atoms with Crippen molar-refractivity contribution in [3.05, 3.63) is 64.0 Å². The maximum atomic E-state index is 12.6. The summed E-state index contributed by atoms with van der Waals surface area (Å²) >= 11 is 0. The highest BCUT2D eigenvalue weighted by atomic mass is 16.6. The van der Waals surface area contributed by atoms with Crippen LogP contribution in [0.1, 0.15) is 23.0 Å². The maximum absolute atomic E-state index is 12.6. The van der Waals surface area contributed by atoms with Gasteiger partial charge in [0.1, 0.15) is 17.1 Å². The second kappa shape index (κ2) is 7.86. The van der Waals surface area contributed by atoms with Gasteiger partial charge in [0.2, 0.25) is 0 Å². The van der Waals surface area contributed by atoms with Gasteiger partial charge in [0, 0.05) is 12.1 Å². The van der Waals surface area contributed by atoms with Crippen LogP contribution < -0.4 is 14.4 Å². The molecular weight excluding hydrogens is 406 g/mol. The van der Waals surface area contributed by atoms with Crippen molar-refractivity contribution >= 4 is 23.1 Å². The third-order valence-corrected chi connectivity index (χ3v) is 4.79. The van der Waals surface area contributed by atoms with Gasteiger partial charge in [-0.3, -0.25) is 24.6 Å². The van der Waals surface area contributed by atoms with Crippen LogP contribution in [-0.2, 0) is 11.3 Å². The van der Waals surface area contributed by atoms with Crippen LogP contribution in [0.2, 0.25) is 0 Å². The molecule has 1 aromatic heterocycles. The van der Waals surface area contributed by atoms with Crippen molar-refractivity contribution in [3.8, 4) is 17.2 Å². The van der Waals surface area contributed by atoms with Gasteiger partial charge >= 0.3 is 0 Å². The summed E-state index contributed by atoms with van der Waals surface area (Å²) in [6.07, 6.45) is 1.62. The zero-order valence-electron chi connectivity index (χ0n) is 16.6. The Balaban J connectivity index is 1.67. The summed E-state index contributed by atoms with van der Waals surface area (Å²) in [4.78, 5) is 36.4. The molecule has 0 unspecified atom stereocenters. The largest absolute Gasteiger partial charge is 0.494 e. The molecule has 0 spiro atoms. The lowest BCUT2D eigenvalue weighted by Crippen LogP contribution is -2.39. The molecule has 0 aliphatic carbocycles. The summed E-state index contributed by atoms with van der Waals surface area (Å²) in [5, 5.41) is 19.0. The Hall–Kier alpha value is -4.28. The van der Waals surface area contributed by atoms with Crippen LogP contribution in [0.5, 0.6) is 11.5 Å². The van der Waals surface area contributed by atoms with Crippen molar-refractivity contribution in [1.29, 1.82) is 0 Å². The first kappa shape index (κ1) is 20.0. The number of nitrogens with zero attached hydrogens (tertiary/aromatic N) is 5. The first-order valence-corrected chi connectivity index (χ1v) is 9.20. The predicted molar refractivity (Wildman–Crippen MR) is 108 cm³/mol. The summed E-state index contributed by atoms with van der Waals surface area (Å²) in [6.45, 7) is 1.26. The molecular formula is C20H17N5O6. The molecule has 4 rings (SSSR count). The number of hydrogen-bond donors (Lipinski definition) is 0. The van der Waals surface area contributed by atoms with E-state index in [9.17, 15) is 19.7 Å². The number of non-ortho nitro benzene ring substituents is 1. The average Bonchev–Trinajstić information content (AvgIpc) is 3.23. The van der Waals surface area contributed by atoms with Crippen molar-refractivity contribution in [3.63, 3.8) is 0 Å². The second-order valence-electron chi connectivity index (χ2n) is 6.75. The van der Waals surface area contributed by atoms with Crippen molar-refractivity contribution < 1.29 is 24.0 Å². The summed E-state index contributed by atoms with van der Waals surface area (Å²) in [7, 11) is 1.46. The number of hydrogen-bond acceptors (Lipinski definition) is 8. The number of methoxy groups -OCH3 is 1. The number of benzene rings is 2. The summed E-state index contributed by atoms with van der Waals surface area (Å²) in [5.74, 6) is 0.152. The summed E-state index contributed by atoms with van der Waals surface area (Å²) < 4.78 is 12.4. The fourth-order valence-electron chi connectivity index (χ4n) is 3.29. The number of Topliss-reactive ketones (excluding diaryl/α,β-unsaturated/α-hetero) is 1. The van der Waals surface area contributed by atoms with Gasteiger partial charge < -0.3 is 9.47 Å². The van der Waals surface area contributed by atoms with E-state index in [1.165, 1.54) is 35.7 Å². The predicted octanol–water partition coefficient (Wildman–Crippen LogP) is 2.31. The number of carbonyl (C=O) groups excluding carboxylic acids is 2. The number of rotatable bonds is 6. The zero-order valence-corrected chi connectivity index (χ0v) is 16.6. The minimum absolute atomic E-state index is 0.0343. The molecule has 11 heteroatoms. The molecule has 0 bridgehead atoms. The molecule has 158 valence electrons. The van der Waals surface area contributed by atoms with Gasteiger partial charge in [0.15, 0.2) is 18.1 Å². The van der Waals surface area contributed by atoms with E-state index < -0.39 is 4.92 Å². The molecule has 11 nitrogen and oxygen atoms in total. The number of ether oxygens (including phenoxy) is 2. The highest BCUT2D eigenvalue weighted by Gasteiger charge is 2.32. The van der Waals surface area contributed by atoms with Crippen LogP contribution in [0.25, 0.3) is 5.69 Å². The third-order valence-electron chi connectivity index (χ3n) is 4.79. The van der Waals surface area contributed by atoms with Gasteiger partial charge in [-0.2, -0.15) is 0 Å². The second-order valence-corrected chi connectivity index (χ2v) is 6.75. The molecule has 0 atom stereocenters. The fraction of sp³-hybridized carbons (Fsp3) is 0.200. The fourth-order valence-corrected chi connectivity index (χ4v) is 3.29. The molecule has 1 aliphatic heterocycles. The first-order valence-electron chi connectivity index (χ1n) is 9.20. The van der Waals surface area contributed by atoms with Crippen molar-refractivity contribution in [1.82, 2.24) is 15.0 Å². The number of fused-ring (bicyclic) bond motifs is 1. The van der Waals surface area contributed by atoms with Crippen LogP contribution in [-0.4, -0.2) is 45.3 Å². The van der Waals surface area contributed by atoms with E-state index in [2.05, 4.69) is 10.3 Å². The Bertz CT molecular complexity index is 1190. The molecule has 0 radical (unpaired) electrons. The van der Waals surface area contributed by atoms with E-state index in [4.69, 9.17) is 9.47 Å². The van der Waals surface area contributed by atoms with Gasteiger partial charge in [0.05, 0.1) is 36.0 Å². The van der Waals surface area contributed by atoms with E-state index in [0.29, 0.717) is 28.4 Å². The number of ketones is 1. The van der Waals surface area contributed by atoms with Crippen LogP contribution in [0.15, 0.2) is 42.6 Å². The van der Waals surface area contributed by atoms with E-state index in [-0.39, 0.29) is 36.3 Å². The molecule has 0 fully saturated rings. The number of carbonyl (C=O) groups is 2. The van der Waals surface area contributed by atoms with Crippen LogP contribution >= 0.6 is 0 Å². The summed E-state index contributed by atoms with van der Waals surface area (Å²) in [5.41, 5.74) is 1.72. The number of anilines is 1. The Kier molecular flexibility index (Phi) is 5.07. The highest BCUT2D eigenvalue weighted by molar-refractivity contribution is 6.05. The maximum Gasteiger partial charge on any atom is 0.269 e.